The van der Waals surface area contributed by atoms with Crippen molar-refractivity contribution in [1.29, 1.82) is 0 Å². The maximum Gasteiger partial charge on any atom is 0.329 e. The molecule has 8 heteroatoms. The van der Waals surface area contributed by atoms with E-state index in [1.54, 1.807) is 18.2 Å². The van der Waals surface area contributed by atoms with Crippen LogP contribution in [0.5, 0.6) is 11.5 Å². The predicted octanol–water partition coefficient (Wildman–Crippen LogP) is 4.74. The number of anilines is 1. The van der Waals surface area contributed by atoms with Crippen LogP contribution in [0.1, 0.15) is 22.3 Å². The summed E-state index contributed by atoms with van der Waals surface area (Å²) in [5.41, 5.74) is 6.41. The first-order valence-electron chi connectivity index (χ1n) is 10.1. The molecule has 0 heterocycles. The molecule has 3 rings (SSSR count). The van der Waals surface area contributed by atoms with Crippen molar-refractivity contribution in [3.63, 3.8) is 0 Å². The van der Waals surface area contributed by atoms with Gasteiger partial charge in [0.05, 0.1) is 17.8 Å². The number of carbonyl (C=O) groups is 2. The van der Waals surface area contributed by atoms with E-state index in [0.29, 0.717) is 33.8 Å². The largest absolute Gasteiger partial charge is 0.493 e. The summed E-state index contributed by atoms with van der Waals surface area (Å²) in [6.07, 6.45) is 1.41. The summed E-state index contributed by atoms with van der Waals surface area (Å²) in [7, 11) is 1.54. The van der Waals surface area contributed by atoms with Crippen LogP contribution in [0.15, 0.2) is 70.2 Å². The van der Waals surface area contributed by atoms with Crippen LogP contribution in [0.25, 0.3) is 0 Å². The van der Waals surface area contributed by atoms with Gasteiger partial charge in [0, 0.05) is 5.69 Å². The first kappa shape index (κ1) is 24.0. The molecule has 33 heavy (non-hydrogen) atoms. The van der Waals surface area contributed by atoms with E-state index in [4.69, 9.17) is 9.47 Å². The van der Waals surface area contributed by atoms with E-state index < -0.39 is 11.8 Å². The maximum atomic E-state index is 12.1. The number of benzene rings is 3. The first-order chi connectivity index (χ1) is 15.9. The van der Waals surface area contributed by atoms with E-state index >= 15 is 0 Å². The fraction of sp³-hybridized carbons (Fsp3) is 0.160. The second-order valence-electron chi connectivity index (χ2n) is 7.28. The van der Waals surface area contributed by atoms with Crippen molar-refractivity contribution in [3.8, 4) is 11.5 Å². The van der Waals surface area contributed by atoms with E-state index in [-0.39, 0.29) is 0 Å². The number of hydrogen-bond acceptors (Lipinski definition) is 5. The molecule has 0 bridgehead atoms. The molecule has 3 aromatic rings. The highest BCUT2D eigenvalue weighted by Crippen LogP contribution is 2.36. The number of amides is 2. The van der Waals surface area contributed by atoms with Gasteiger partial charge in [-0.05, 0) is 64.7 Å². The lowest BCUT2D eigenvalue weighted by Gasteiger charge is -2.13. The summed E-state index contributed by atoms with van der Waals surface area (Å²) >= 11 is 3.49. The fourth-order valence-corrected chi connectivity index (χ4v) is 3.61. The Hall–Kier alpha value is -3.65. The molecule has 3 aromatic carbocycles. The summed E-state index contributed by atoms with van der Waals surface area (Å²) in [5.74, 6) is -0.626. The lowest BCUT2D eigenvalue weighted by molar-refractivity contribution is -0.136. The second-order valence-corrected chi connectivity index (χ2v) is 8.13. The number of nitrogens with zero attached hydrogens (tertiary/aromatic N) is 1. The molecule has 0 spiro atoms. The molecule has 2 N–H and O–H groups in total. The standard InChI is InChI=1S/C25H24BrN3O4/c1-16-9-10-21(17(2)11-16)28-24(30)25(31)29-27-14-19-12-20(26)23(22(13-19)32-3)33-15-18-7-5-4-6-8-18/h4-14H,15H2,1-3H3,(H,28,30)(H,29,31)/b27-14+. The van der Waals surface area contributed by atoms with Crippen LogP contribution >= 0.6 is 15.9 Å². The van der Waals surface area contributed by atoms with Gasteiger partial charge in [0.1, 0.15) is 6.61 Å². The van der Waals surface area contributed by atoms with Gasteiger partial charge in [0.15, 0.2) is 11.5 Å². The minimum absolute atomic E-state index is 0.384. The quantitative estimate of drug-likeness (QED) is 0.273. The van der Waals surface area contributed by atoms with Gasteiger partial charge in [0.2, 0.25) is 0 Å². The first-order valence-corrected chi connectivity index (χ1v) is 10.9. The topological polar surface area (TPSA) is 89.0 Å². The van der Waals surface area contributed by atoms with Gasteiger partial charge < -0.3 is 14.8 Å². The Morgan fingerprint density at radius 2 is 1.79 bits per heavy atom. The van der Waals surface area contributed by atoms with Crippen molar-refractivity contribution >= 4 is 39.6 Å². The van der Waals surface area contributed by atoms with Gasteiger partial charge >= 0.3 is 11.8 Å². The Labute approximate surface area is 200 Å². The number of nitrogens with one attached hydrogen (secondary N) is 2. The second kappa shape index (κ2) is 11.3. The van der Waals surface area contributed by atoms with Crippen LogP contribution in [-0.2, 0) is 16.2 Å². The minimum atomic E-state index is -0.875. The van der Waals surface area contributed by atoms with Gasteiger partial charge in [-0.3, -0.25) is 9.59 Å². The van der Waals surface area contributed by atoms with Gasteiger partial charge in [-0.1, -0.05) is 48.0 Å². The third-order valence-electron chi connectivity index (χ3n) is 4.69. The van der Waals surface area contributed by atoms with Crippen LogP contribution in [0.4, 0.5) is 5.69 Å². The molecule has 170 valence electrons. The van der Waals surface area contributed by atoms with Crippen molar-refractivity contribution in [2.75, 3.05) is 12.4 Å². The number of rotatable bonds is 7. The zero-order chi connectivity index (χ0) is 23.8. The van der Waals surface area contributed by atoms with Crippen molar-refractivity contribution in [1.82, 2.24) is 5.43 Å². The normalized spacial score (nSPS) is 10.7. The average Bonchev–Trinajstić information content (AvgIpc) is 2.80. The Bertz CT molecular complexity index is 1180. The van der Waals surface area contributed by atoms with Crippen molar-refractivity contribution < 1.29 is 19.1 Å². The number of aryl methyl sites for hydroxylation is 2. The lowest BCUT2D eigenvalue weighted by Crippen LogP contribution is -2.32. The summed E-state index contributed by atoms with van der Waals surface area (Å²) in [6, 6.07) is 18.8. The van der Waals surface area contributed by atoms with Crippen molar-refractivity contribution in [2.24, 2.45) is 5.10 Å². The highest BCUT2D eigenvalue weighted by atomic mass is 79.9. The average molecular weight is 510 g/mol. The van der Waals surface area contributed by atoms with Crippen LogP contribution in [0.2, 0.25) is 0 Å². The van der Waals surface area contributed by atoms with Crippen molar-refractivity contribution in [2.45, 2.75) is 20.5 Å². The molecular weight excluding hydrogens is 486 g/mol. The van der Waals surface area contributed by atoms with Crippen LogP contribution in [0.3, 0.4) is 0 Å². The van der Waals surface area contributed by atoms with E-state index in [1.807, 2.05) is 56.3 Å². The molecule has 0 aliphatic heterocycles. The summed E-state index contributed by atoms with van der Waals surface area (Å²) in [5, 5.41) is 6.46. The van der Waals surface area contributed by atoms with E-state index in [0.717, 1.165) is 16.7 Å². The molecule has 0 fully saturated rings. The maximum absolute atomic E-state index is 12.1. The zero-order valence-electron chi connectivity index (χ0n) is 18.5. The van der Waals surface area contributed by atoms with Gasteiger partial charge in [-0.25, -0.2) is 5.43 Å². The van der Waals surface area contributed by atoms with Gasteiger partial charge in [-0.15, -0.1) is 0 Å². The summed E-state index contributed by atoms with van der Waals surface area (Å²) in [4.78, 5) is 24.2. The van der Waals surface area contributed by atoms with E-state index in [2.05, 4.69) is 31.8 Å². The number of halogens is 1. The van der Waals surface area contributed by atoms with Gasteiger partial charge in [0.25, 0.3) is 0 Å². The van der Waals surface area contributed by atoms with Crippen LogP contribution in [-0.4, -0.2) is 25.1 Å². The molecule has 0 aliphatic rings. The number of hydrazone groups is 1. The molecule has 0 saturated heterocycles. The van der Waals surface area contributed by atoms with Crippen LogP contribution < -0.4 is 20.2 Å². The smallest absolute Gasteiger partial charge is 0.329 e. The zero-order valence-corrected chi connectivity index (χ0v) is 20.1. The third kappa shape index (κ3) is 6.66. The molecule has 0 aromatic heterocycles. The fourth-order valence-electron chi connectivity index (χ4n) is 3.03. The Morgan fingerprint density at radius 3 is 2.48 bits per heavy atom. The van der Waals surface area contributed by atoms with Gasteiger partial charge in [-0.2, -0.15) is 5.10 Å². The molecule has 2 amide bonds. The molecule has 0 radical (unpaired) electrons. The number of carbonyl (C=O) groups excluding carboxylic acids is 2. The SMILES string of the molecule is COc1cc(/C=N/NC(=O)C(=O)Nc2ccc(C)cc2C)cc(Br)c1OCc1ccccc1. The summed E-state index contributed by atoms with van der Waals surface area (Å²) < 4.78 is 12.0. The van der Waals surface area contributed by atoms with Crippen molar-refractivity contribution in [3.05, 3.63) is 87.4 Å². The molecule has 0 saturated carbocycles. The lowest BCUT2D eigenvalue weighted by atomic mass is 10.1. The Balaban J connectivity index is 1.62. The highest BCUT2D eigenvalue weighted by molar-refractivity contribution is 9.10. The van der Waals surface area contributed by atoms with E-state index in [1.165, 1.54) is 13.3 Å². The minimum Gasteiger partial charge on any atom is -0.493 e. The molecular formula is C25H24BrN3O4. The summed E-state index contributed by atoms with van der Waals surface area (Å²) in [6.45, 7) is 4.20. The molecule has 0 aliphatic carbocycles. The molecule has 7 nitrogen and oxygen atoms in total. The molecule has 0 unspecified atom stereocenters. The number of methoxy groups -OCH3 is 1. The predicted molar refractivity (Wildman–Crippen MR) is 132 cm³/mol. The highest BCUT2D eigenvalue weighted by Gasteiger charge is 2.15. The Kier molecular flexibility index (Phi) is 8.21. The van der Waals surface area contributed by atoms with Crippen LogP contribution in [0, 0.1) is 13.8 Å². The monoisotopic (exact) mass is 509 g/mol. The third-order valence-corrected chi connectivity index (χ3v) is 5.28. The van der Waals surface area contributed by atoms with E-state index in [9.17, 15) is 9.59 Å². The number of ether oxygens (including phenoxy) is 2. The Morgan fingerprint density at radius 1 is 1.03 bits per heavy atom. The molecule has 0 atom stereocenters. The number of hydrogen-bond donors (Lipinski definition) is 2.